The molecule has 0 fully saturated rings. The molecule has 118 valence electrons. The molecule has 2 aromatic rings. The lowest BCUT2D eigenvalue weighted by atomic mass is 10.0. The first kappa shape index (κ1) is 15.7. The number of aliphatic carboxylic acids is 1. The van der Waals surface area contributed by atoms with Gasteiger partial charge in [-0.1, -0.05) is 23.2 Å². The molecule has 0 bridgehead atoms. The van der Waals surface area contributed by atoms with Gasteiger partial charge in [-0.05, 0) is 42.7 Å². The minimum absolute atomic E-state index is 0.367. The maximum Gasteiger partial charge on any atom is 0.328 e. The highest BCUT2D eigenvalue weighted by molar-refractivity contribution is 6.42. The molecule has 4 nitrogen and oxygen atoms in total. The zero-order valence-electron chi connectivity index (χ0n) is 12.3. The van der Waals surface area contributed by atoms with Crippen LogP contribution in [0.25, 0.3) is 5.57 Å². The summed E-state index contributed by atoms with van der Waals surface area (Å²) in [5.41, 5.74) is 2.28. The van der Waals surface area contributed by atoms with Crippen LogP contribution in [0.15, 0.2) is 30.3 Å². The van der Waals surface area contributed by atoms with E-state index in [1.54, 1.807) is 31.2 Å². The van der Waals surface area contributed by atoms with Crippen LogP contribution < -0.4 is 9.47 Å². The van der Waals surface area contributed by atoms with Crippen LogP contribution in [0.2, 0.25) is 10.0 Å². The van der Waals surface area contributed by atoms with Gasteiger partial charge in [0.05, 0.1) is 10.0 Å². The first-order valence-electron chi connectivity index (χ1n) is 6.76. The van der Waals surface area contributed by atoms with Crippen LogP contribution in [0, 0.1) is 6.92 Å². The molecule has 2 aromatic carbocycles. The van der Waals surface area contributed by atoms with Crippen molar-refractivity contribution in [1.82, 2.24) is 0 Å². The number of aryl methyl sites for hydroxylation is 1. The molecule has 0 spiro atoms. The molecule has 1 aliphatic rings. The highest BCUT2D eigenvalue weighted by Crippen LogP contribution is 2.49. The van der Waals surface area contributed by atoms with Gasteiger partial charge < -0.3 is 14.6 Å². The summed E-state index contributed by atoms with van der Waals surface area (Å²) < 4.78 is 11.6. The van der Waals surface area contributed by atoms with E-state index in [0.717, 1.165) is 17.2 Å². The monoisotopic (exact) mass is 350 g/mol. The summed E-state index contributed by atoms with van der Waals surface area (Å²) in [5.74, 6) is 0.983. The van der Waals surface area contributed by atoms with Crippen molar-refractivity contribution in [3.05, 3.63) is 51.5 Å². The van der Waals surface area contributed by atoms with Gasteiger partial charge in [-0.15, -0.1) is 0 Å². The molecule has 0 amide bonds. The quantitative estimate of drug-likeness (QED) is 0.603. The molecule has 0 radical (unpaired) electrons. The number of hydrogen-bond donors (Lipinski definition) is 1. The Morgan fingerprint density at radius 1 is 1.00 bits per heavy atom. The molecular weight excluding hydrogens is 339 g/mol. The fourth-order valence-corrected chi connectivity index (χ4v) is 2.72. The summed E-state index contributed by atoms with van der Waals surface area (Å²) in [6.45, 7) is 3.61. The van der Waals surface area contributed by atoms with E-state index in [0.29, 0.717) is 38.6 Å². The van der Waals surface area contributed by atoms with Crippen molar-refractivity contribution in [2.75, 3.05) is 0 Å². The number of allylic oxidation sites excluding steroid dienone is 1. The Bertz CT molecular complexity index is 856. The fraction of sp³-hybridized carbons (Fsp3) is 0.118. The van der Waals surface area contributed by atoms with Gasteiger partial charge in [-0.2, -0.15) is 0 Å². The maximum absolute atomic E-state index is 10.9. The Labute approximate surface area is 142 Å². The SMILES string of the molecule is C/C(=C/C(=O)O)c1cc2c(cc1C)Oc1cc(Cl)c(Cl)cc1O2. The summed E-state index contributed by atoms with van der Waals surface area (Å²) in [6, 6.07) is 6.74. The molecule has 23 heavy (non-hydrogen) atoms. The highest BCUT2D eigenvalue weighted by Gasteiger charge is 2.22. The summed E-state index contributed by atoms with van der Waals surface area (Å²) >= 11 is 12.0. The number of halogens is 2. The zero-order valence-corrected chi connectivity index (χ0v) is 13.8. The van der Waals surface area contributed by atoms with Gasteiger partial charge >= 0.3 is 5.97 Å². The number of carbonyl (C=O) groups is 1. The van der Waals surface area contributed by atoms with E-state index in [4.69, 9.17) is 37.8 Å². The van der Waals surface area contributed by atoms with Gasteiger partial charge in [0.15, 0.2) is 23.0 Å². The second-order valence-electron chi connectivity index (χ2n) is 5.20. The third kappa shape index (κ3) is 3.00. The Morgan fingerprint density at radius 2 is 1.48 bits per heavy atom. The van der Waals surface area contributed by atoms with E-state index < -0.39 is 5.97 Å². The van der Waals surface area contributed by atoms with Crippen LogP contribution in [0.3, 0.4) is 0 Å². The maximum atomic E-state index is 10.9. The van der Waals surface area contributed by atoms with Gasteiger partial charge in [0.25, 0.3) is 0 Å². The van der Waals surface area contributed by atoms with Crippen LogP contribution in [0.1, 0.15) is 18.1 Å². The number of ether oxygens (including phenoxy) is 2. The molecule has 0 unspecified atom stereocenters. The number of hydrogen-bond acceptors (Lipinski definition) is 3. The van der Waals surface area contributed by atoms with Gasteiger partial charge in [0, 0.05) is 18.2 Å². The molecule has 6 heteroatoms. The third-order valence-electron chi connectivity index (χ3n) is 3.48. The minimum atomic E-state index is -0.997. The molecule has 1 heterocycles. The molecule has 1 aliphatic heterocycles. The largest absolute Gasteiger partial charge is 0.478 e. The van der Waals surface area contributed by atoms with Crippen molar-refractivity contribution in [3.63, 3.8) is 0 Å². The first-order chi connectivity index (χ1) is 10.8. The lowest BCUT2D eigenvalue weighted by molar-refractivity contribution is -0.131. The number of rotatable bonds is 2. The molecule has 3 rings (SSSR count). The lowest BCUT2D eigenvalue weighted by Crippen LogP contribution is -2.01. The lowest BCUT2D eigenvalue weighted by Gasteiger charge is -2.22. The van der Waals surface area contributed by atoms with Crippen molar-refractivity contribution >= 4 is 34.7 Å². The minimum Gasteiger partial charge on any atom is -0.478 e. The summed E-state index contributed by atoms with van der Waals surface area (Å²) in [5, 5.41) is 9.65. The smallest absolute Gasteiger partial charge is 0.328 e. The number of carboxylic acids is 1. The zero-order chi connectivity index (χ0) is 16.7. The van der Waals surface area contributed by atoms with E-state index >= 15 is 0 Å². The summed E-state index contributed by atoms with van der Waals surface area (Å²) in [4.78, 5) is 10.9. The van der Waals surface area contributed by atoms with E-state index in [1.165, 1.54) is 0 Å². The Hall–Kier alpha value is -2.17. The number of carboxylic acid groups (broad SMARTS) is 1. The Morgan fingerprint density at radius 3 is 2.00 bits per heavy atom. The van der Waals surface area contributed by atoms with E-state index in [2.05, 4.69) is 0 Å². The van der Waals surface area contributed by atoms with Crippen molar-refractivity contribution < 1.29 is 19.4 Å². The average Bonchev–Trinajstić information content (AvgIpc) is 2.45. The van der Waals surface area contributed by atoms with Crippen molar-refractivity contribution in [2.24, 2.45) is 0 Å². The molecule has 0 aromatic heterocycles. The molecule has 0 aliphatic carbocycles. The standard InChI is InChI=1S/C17H12Cl2O4/c1-8-3-13-14(5-10(8)9(2)4-17(20)21)23-16-7-12(19)11(18)6-15(16)22-13/h3-7H,1-2H3,(H,20,21)/b9-4-. The average molecular weight is 351 g/mol. The fourth-order valence-electron chi connectivity index (χ4n) is 2.42. The second kappa shape index (κ2) is 5.80. The van der Waals surface area contributed by atoms with Gasteiger partial charge in [-0.25, -0.2) is 4.79 Å². The van der Waals surface area contributed by atoms with E-state index in [-0.39, 0.29) is 0 Å². The summed E-state index contributed by atoms with van der Waals surface area (Å²) in [7, 11) is 0. The number of benzene rings is 2. The Balaban J connectivity index is 2.06. The first-order valence-corrected chi connectivity index (χ1v) is 7.51. The van der Waals surface area contributed by atoms with Crippen molar-refractivity contribution in [3.8, 4) is 23.0 Å². The molecule has 1 N–H and O–H groups in total. The molecular formula is C17H12Cl2O4. The summed E-state index contributed by atoms with van der Waals surface area (Å²) in [6.07, 6.45) is 1.16. The molecule has 0 atom stereocenters. The van der Waals surface area contributed by atoms with Gasteiger partial charge in [0.2, 0.25) is 0 Å². The predicted octanol–water partition coefficient (Wildman–Crippen LogP) is 5.69. The number of fused-ring (bicyclic) bond motifs is 2. The highest BCUT2D eigenvalue weighted by atomic mass is 35.5. The van der Waals surface area contributed by atoms with E-state index in [9.17, 15) is 4.79 Å². The van der Waals surface area contributed by atoms with Crippen LogP contribution in [-0.4, -0.2) is 11.1 Å². The molecule has 0 saturated heterocycles. The molecule has 0 saturated carbocycles. The van der Waals surface area contributed by atoms with Gasteiger partial charge in [-0.3, -0.25) is 0 Å². The van der Waals surface area contributed by atoms with E-state index in [1.807, 2.05) is 6.92 Å². The normalized spacial score (nSPS) is 12.8. The van der Waals surface area contributed by atoms with Crippen molar-refractivity contribution in [2.45, 2.75) is 13.8 Å². The third-order valence-corrected chi connectivity index (χ3v) is 4.20. The second-order valence-corrected chi connectivity index (χ2v) is 6.01. The van der Waals surface area contributed by atoms with Crippen LogP contribution >= 0.6 is 23.2 Å². The Kier molecular flexibility index (Phi) is 3.96. The topological polar surface area (TPSA) is 55.8 Å². The van der Waals surface area contributed by atoms with Crippen LogP contribution in [-0.2, 0) is 4.79 Å². The van der Waals surface area contributed by atoms with Gasteiger partial charge in [0.1, 0.15) is 0 Å². The van der Waals surface area contributed by atoms with Crippen LogP contribution in [0.5, 0.6) is 23.0 Å². The van der Waals surface area contributed by atoms with Crippen molar-refractivity contribution in [1.29, 1.82) is 0 Å². The predicted molar refractivity (Wildman–Crippen MR) is 89.1 cm³/mol. The van der Waals surface area contributed by atoms with Crippen LogP contribution in [0.4, 0.5) is 0 Å².